The van der Waals surface area contributed by atoms with Crippen molar-refractivity contribution in [3.63, 3.8) is 0 Å². The van der Waals surface area contributed by atoms with Crippen molar-refractivity contribution in [2.24, 2.45) is 0 Å². The van der Waals surface area contributed by atoms with Crippen molar-refractivity contribution in [3.05, 3.63) is 17.2 Å². The molecule has 3 rings (SSSR count). The minimum Gasteiger partial charge on any atom is -0.493 e. The van der Waals surface area contributed by atoms with Crippen molar-refractivity contribution in [3.8, 4) is 17.2 Å². The largest absolute Gasteiger partial charge is 0.493 e. The Bertz CT molecular complexity index is 689. The highest BCUT2D eigenvalue weighted by Gasteiger charge is 2.52. The van der Waals surface area contributed by atoms with E-state index in [4.69, 9.17) is 28.4 Å². The number of fused-ring (bicyclic) bond motifs is 3. The van der Waals surface area contributed by atoms with Crippen LogP contribution < -0.4 is 14.2 Å². The van der Waals surface area contributed by atoms with Gasteiger partial charge < -0.3 is 38.6 Å². The smallest absolute Gasteiger partial charge is 0.339 e. The van der Waals surface area contributed by atoms with Crippen LogP contribution in [-0.4, -0.2) is 75.6 Å². The Kier molecular flexibility index (Phi) is 5.24. The molecule has 2 heterocycles. The molecule has 9 nitrogen and oxygen atoms in total. The minimum atomic E-state index is -1.34. The summed E-state index contributed by atoms with van der Waals surface area (Å²) in [5.41, 5.74) is 0.555. The number of carbonyl (C=O) groups excluding carboxylic acids is 1. The first-order chi connectivity index (χ1) is 12.5. The van der Waals surface area contributed by atoms with Crippen LogP contribution in [0, 0.1) is 0 Å². The van der Waals surface area contributed by atoms with E-state index in [9.17, 15) is 15.0 Å². The van der Waals surface area contributed by atoms with Gasteiger partial charge in [0.2, 0.25) is 5.75 Å². The third-order valence-corrected chi connectivity index (χ3v) is 4.63. The number of aliphatic hydroxyl groups excluding tert-OH is 2. The molecule has 5 atom stereocenters. The number of rotatable bonds is 5. The van der Waals surface area contributed by atoms with E-state index in [0.29, 0.717) is 11.3 Å². The number of hydrogen-bond donors (Lipinski definition) is 2. The van der Waals surface area contributed by atoms with Crippen LogP contribution >= 0.6 is 0 Å². The van der Waals surface area contributed by atoms with E-state index in [-0.39, 0.29) is 23.7 Å². The molecule has 2 aliphatic rings. The first kappa shape index (κ1) is 18.7. The van der Waals surface area contributed by atoms with Crippen molar-refractivity contribution in [1.82, 2.24) is 0 Å². The molecule has 144 valence electrons. The second kappa shape index (κ2) is 7.28. The molecule has 1 fully saturated rings. The van der Waals surface area contributed by atoms with E-state index in [1.165, 1.54) is 34.5 Å². The summed E-state index contributed by atoms with van der Waals surface area (Å²) in [4.78, 5) is 12.5. The Morgan fingerprint density at radius 1 is 1.04 bits per heavy atom. The average molecular weight is 370 g/mol. The number of ether oxygens (including phenoxy) is 6. The number of carbonyl (C=O) groups is 1. The predicted octanol–water partition coefficient (Wildman–Crippen LogP) is 0.0595. The summed E-state index contributed by atoms with van der Waals surface area (Å²) in [7, 11) is 5.76. The van der Waals surface area contributed by atoms with Crippen molar-refractivity contribution in [1.29, 1.82) is 0 Å². The summed E-state index contributed by atoms with van der Waals surface area (Å²) in [5, 5.41) is 20.7. The van der Waals surface area contributed by atoms with Gasteiger partial charge in [-0.15, -0.1) is 0 Å². The predicted molar refractivity (Wildman–Crippen MR) is 86.8 cm³/mol. The molecule has 2 aliphatic heterocycles. The SMILES string of the molecule is COCC1OC2c3c(cc(OC)c(OC)c3OC)C(=O)OC2C(O)C1O. The Morgan fingerprint density at radius 2 is 1.73 bits per heavy atom. The van der Waals surface area contributed by atoms with E-state index >= 15 is 0 Å². The van der Waals surface area contributed by atoms with Gasteiger partial charge in [0.1, 0.15) is 24.4 Å². The van der Waals surface area contributed by atoms with Gasteiger partial charge in [-0.05, 0) is 6.07 Å². The van der Waals surface area contributed by atoms with Gasteiger partial charge in [-0.25, -0.2) is 4.79 Å². The molecule has 0 spiro atoms. The standard InChI is InChI=1S/C17H22O9/c1-21-6-9-11(18)12(19)16-15(25-9)10-7(17(20)26-16)5-8(22-2)13(23-3)14(10)24-4/h5,9,11-12,15-16,18-19H,6H2,1-4H3. The second-order valence-electron chi connectivity index (χ2n) is 6.01. The molecule has 0 aromatic heterocycles. The molecule has 0 radical (unpaired) electrons. The fraction of sp³-hybridized carbons (Fsp3) is 0.588. The molecule has 26 heavy (non-hydrogen) atoms. The first-order valence-electron chi connectivity index (χ1n) is 8.02. The van der Waals surface area contributed by atoms with Gasteiger partial charge in [0.15, 0.2) is 17.6 Å². The summed E-state index contributed by atoms with van der Waals surface area (Å²) in [5.74, 6) is 0.145. The number of esters is 1. The molecule has 1 aromatic rings. The van der Waals surface area contributed by atoms with Crippen LogP contribution in [0.3, 0.4) is 0 Å². The van der Waals surface area contributed by atoms with Gasteiger partial charge in [-0.3, -0.25) is 0 Å². The number of hydrogen-bond acceptors (Lipinski definition) is 9. The Labute approximate surface area is 150 Å². The lowest BCUT2D eigenvalue weighted by atomic mass is 9.86. The van der Waals surface area contributed by atoms with Crippen LogP contribution in [-0.2, 0) is 14.2 Å². The van der Waals surface area contributed by atoms with Crippen molar-refractivity contribution < 1.29 is 43.4 Å². The molecule has 1 aromatic carbocycles. The zero-order chi connectivity index (χ0) is 19.0. The molecular weight excluding hydrogens is 348 g/mol. The van der Waals surface area contributed by atoms with Gasteiger partial charge in [0.05, 0.1) is 33.5 Å². The normalized spacial score (nSPS) is 30.1. The fourth-order valence-corrected chi connectivity index (χ4v) is 3.42. The quantitative estimate of drug-likeness (QED) is 0.695. The number of benzene rings is 1. The Hall–Kier alpha value is -2.07. The van der Waals surface area contributed by atoms with Crippen molar-refractivity contribution >= 4 is 5.97 Å². The maximum atomic E-state index is 12.5. The lowest BCUT2D eigenvalue weighted by Crippen LogP contribution is -2.58. The van der Waals surface area contributed by atoms with E-state index < -0.39 is 36.5 Å². The molecule has 0 saturated carbocycles. The third kappa shape index (κ3) is 2.77. The topological polar surface area (TPSA) is 113 Å². The maximum absolute atomic E-state index is 12.5. The number of aliphatic hydroxyl groups is 2. The summed E-state index contributed by atoms with van der Waals surface area (Å²) >= 11 is 0. The average Bonchev–Trinajstić information content (AvgIpc) is 2.65. The van der Waals surface area contributed by atoms with Gasteiger partial charge >= 0.3 is 5.97 Å². The van der Waals surface area contributed by atoms with E-state index in [2.05, 4.69) is 0 Å². The highest BCUT2D eigenvalue weighted by molar-refractivity contribution is 5.95. The van der Waals surface area contributed by atoms with Crippen LogP contribution in [0.2, 0.25) is 0 Å². The van der Waals surface area contributed by atoms with Crippen LogP contribution in [0.25, 0.3) is 0 Å². The molecule has 9 heteroatoms. The molecule has 0 bridgehead atoms. The van der Waals surface area contributed by atoms with Gasteiger partial charge in [-0.1, -0.05) is 0 Å². The molecule has 1 saturated heterocycles. The lowest BCUT2D eigenvalue weighted by molar-refractivity contribution is -0.236. The third-order valence-electron chi connectivity index (χ3n) is 4.63. The molecule has 2 N–H and O–H groups in total. The van der Waals surface area contributed by atoms with Gasteiger partial charge in [-0.2, -0.15) is 0 Å². The summed E-state index contributed by atoms with van der Waals surface area (Å²) in [6, 6.07) is 1.47. The van der Waals surface area contributed by atoms with Gasteiger partial charge in [0, 0.05) is 12.7 Å². The summed E-state index contributed by atoms with van der Waals surface area (Å²) < 4.78 is 32.4. The van der Waals surface area contributed by atoms with Gasteiger partial charge in [0.25, 0.3) is 0 Å². The summed E-state index contributed by atoms with van der Waals surface area (Å²) in [6.07, 6.45) is -5.37. The monoisotopic (exact) mass is 370 g/mol. The lowest BCUT2D eigenvalue weighted by Gasteiger charge is -2.45. The zero-order valence-corrected chi connectivity index (χ0v) is 14.9. The maximum Gasteiger partial charge on any atom is 0.339 e. The molecule has 0 aliphatic carbocycles. The fourth-order valence-electron chi connectivity index (χ4n) is 3.42. The summed E-state index contributed by atoms with van der Waals surface area (Å²) in [6.45, 7) is 0.0559. The van der Waals surface area contributed by atoms with Crippen LogP contribution in [0.5, 0.6) is 17.2 Å². The van der Waals surface area contributed by atoms with Crippen molar-refractivity contribution in [2.45, 2.75) is 30.5 Å². The Balaban J connectivity index is 2.16. The van der Waals surface area contributed by atoms with Crippen molar-refractivity contribution in [2.75, 3.05) is 35.0 Å². The van der Waals surface area contributed by atoms with Crippen LogP contribution in [0.15, 0.2) is 6.07 Å². The Morgan fingerprint density at radius 3 is 2.31 bits per heavy atom. The minimum absolute atomic E-state index is 0.0559. The second-order valence-corrected chi connectivity index (χ2v) is 6.01. The van der Waals surface area contributed by atoms with Crippen LogP contribution in [0.1, 0.15) is 22.0 Å². The number of methoxy groups -OCH3 is 4. The van der Waals surface area contributed by atoms with E-state index in [0.717, 1.165) is 0 Å². The highest BCUT2D eigenvalue weighted by Crippen LogP contribution is 2.50. The van der Waals surface area contributed by atoms with E-state index in [1.807, 2.05) is 0 Å². The first-order valence-corrected chi connectivity index (χ1v) is 8.02. The molecule has 0 amide bonds. The van der Waals surface area contributed by atoms with E-state index in [1.54, 1.807) is 0 Å². The van der Waals surface area contributed by atoms with Crippen LogP contribution in [0.4, 0.5) is 0 Å². The molecule has 5 unspecified atom stereocenters. The molecular formula is C17H22O9. The zero-order valence-electron chi connectivity index (χ0n) is 14.9. The highest BCUT2D eigenvalue weighted by atomic mass is 16.6.